The smallest absolute Gasteiger partial charge is 0.417 e. The summed E-state index contributed by atoms with van der Waals surface area (Å²) >= 11 is 0. The van der Waals surface area contributed by atoms with Crippen molar-refractivity contribution < 1.29 is 27.9 Å². The molecule has 23 heavy (non-hydrogen) atoms. The molecule has 0 radical (unpaired) electrons. The van der Waals surface area contributed by atoms with Gasteiger partial charge in [-0.1, -0.05) is 0 Å². The van der Waals surface area contributed by atoms with Gasteiger partial charge in [0.2, 0.25) is 0 Å². The lowest BCUT2D eigenvalue weighted by atomic mass is 9.90. The van der Waals surface area contributed by atoms with E-state index < -0.39 is 23.6 Å². The first-order valence-corrected chi connectivity index (χ1v) is 7.28. The van der Waals surface area contributed by atoms with Crippen molar-refractivity contribution in [3.63, 3.8) is 0 Å². The number of carboxylic acids is 1. The molecule has 5 nitrogen and oxygen atoms in total. The van der Waals surface area contributed by atoms with Gasteiger partial charge in [-0.3, -0.25) is 14.6 Å². The minimum atomic E-state index is -4.48. The highest BCUT2D eigenvalue weighted by Gasteiger charge is 2.59. The molecule has 1 spiro atoms. The molecule has 2 aliphatic rings. The van der Waals surface area contributed by atoms with Crippen LogP contribution in [0.2, 0.25) is 0 Å². The Balaban J connectivity index is 1.63. The molecule has 1 aliphatic heterocycles. The van der Waals surface area contributed by atoms with Gasteiger partial charge in [0.15, 0.2) is 0 Å². The van der Waals surface area contributed by atoms with Crippen LogP contribution >= 0.6 is 0 Å². The molecule has 124 valence electrons. The second-order valence-corrected chi connectivity index (χ2v) is 6.18. The molecule has 8 heteroatoms. The van der Waals surface area contributed by atoms with E-state index >= 15 is 0 Å². The number of carbonyl (C=O) groups excluding carboxylic acids is 1. The number of nitrogens with zero attached hydrogens (tertiary/aromatic N) is 2. The number of aromatic nitrogens is 1. The lowest BCUT2D eigenvalue weighted by molar-refractivity contribution is -0.140. The van der Waals surface area contributed by atoms with Crippen molar-refractivity contribution in [3.8, 4) is 0 Å². The van der Waals surface area contributed by atoms with Crippen molar-refractivity contribution in [2.45, 2.75) is 25.4 Å². The van der Waals surface area contributed by atoms with Crippen molar-refractivity contribution >= 4 is 11.9 Å². The van der Waals surface area contributed by atoms with Crippen LogP contribution in [0.3, 0.4) is 0 Å². The zero-order chi connectivity index (χ0) is 16.8. The largest absolute Gasteiger partial charge is 0.481 e. The van der Waals surface area contributed by atoms with Gasteiger partial charge in [0.05, 0.1) is 11.5 Å². The zero-order valence-electron chi connectivity index (χ0n) is 12.1. The summed E-state index contributed by atoms with van der Waals surface area (Å²) in [6, 6.07) is 1.92. The number of piperidine rings is 1. The molecular formula is C15H15F3N2O3. The minimum Gasteiger partial charge on any atom is -0.481 e. The normalized spacial score (nSPS) is 22.9. The Bertz CT molecular complexity index is 634. The van der Waals surface area contributed by atoms with Crippen molar-refractivity contribution in [2.24, 2.45) is 11.3 Å². The van der Waals surface area contributed by atoms with E-state index in [1.165, 1.54) is 4.90 Å². The first-order chi connectivity index (χ1) is 10.7. The molecule has 2 heterocycles. The number of hydrogen-bond donors (Lipinski definition) is 1. The molecule has 1 aromatic rings. The summed E-state index contributed by atoms with van der Waals surface area (Å²) in [6.07, 6.45) is -1.97. The number of rotatable bonds is 2. The van der Waals surface area contributed by atoms with E-state index in [9.17, 15) is 22.8 Å². The highest BCUT2D eigenvalue weighted by molar-refractivity contribution is 5.92. The fraction of sp³-hybridized carbons (Fsp3) is 0.533. The Morgan fingerprint density at radius 1 is 1.26 bits per heavy atom. The molecule has 1 aliphatic carbocycles. The fourth-order valence-electron chi connectivity index (χ4n) is 3.25. The molecule has 1 saturated carbocycles. The summed E-state index contributed by atoms with van der Waals surface area (Å²) in [6.45, 7) is 0.816. The standard InChI is InChI=1S/C15H15F3N2O3/c16-15(17,18)9-1-2-11(19-8-9)12(21)20-5-3-14(4-6-20)7-10(14)13(22)23/h1-2,8,10H,3-7H2,(H,22,23). The number of alkyl halides is 3. The lowest BCUT2D eigenvalue weighted by Crippen LogP contribution is -2.40. The summed E-state index contributed by atoms with van der Waals surface area (Å²) in [5.41, 5.74) is -1.12. The predicted octanol–water partition coefficient (Wildman–Crippen LogP) is 2.43. The molecule has 3 rings (SSSR count). The number of carbonyl (C=O) groups is 2. The molecule has 1 N–H and O–H groups in total. The van der Waals surface area contributed by atoms with Gasteiger partial charge in [-0.05, 0) is 36.8 Å². The molecule has 1 unspecified atom stereocenters. The molecule has 0 aromatic carbocycles. The Hall–Kier alpha value is -2.12. The van der Waals surface area contributed by atoms with Crippen LogP contribution in [0.4, 0.5) is 13.2 Å². The fourth-order valence-corrected chi connectivity index (χ4v) is 3.25. The SMILES string of the molecule is O=C(O)C1CC12CCN(C(=O)c1ccc(C(F)(F)F)cn1)CC2. The maximum atomic E-state index is 12.5. The van der Waals surface area contributed by atoms with Crippen LogP contribution in [-0.2, 0) is 11.0 Å². The molecule has 1 saturated heterocycles. The molecule has 1 amide bonds. The number of aliphatic carboxylic acids is 1. The summed E-state index contributed by atoms with van der Waals surface area (Å²) in [5.74, 6) is -1.54. The lowest BCUT2D eigenvalue weighted by Gasteiger charge is -2.32. The monoisotopic (exact) mass is 328 g/mol. The Morgan fingerprint density at radius 3 is 2.35 bits per heavy atom. The average Bonchev–Trinajstić information content (AvgIpc) is 3.21. The summed E-state index contributed by atoms with van der Waals surface area (Å²) < 4.78 is 37.5. The predicted molar refractivity (Wildman–Crippen MR) is 72.6 cm³/mol. The van der Waals surface area contributed by atoms with Gasteiger partial charge in [-0.15, -0.1) is 0 Å². The van der Waals surface area contributed by atoms with Gasteiger partial charge >= 0.3 is 12.1 Å². The quantitative estimate of drug-likeness (QED) is 0.905. The summed E-state index contributed by atoms with van der Waals surface area (Å²) in [7, 11) is 0. The minimum absolute atomic E-state index is 0.0282. The van der Waals surface area contributed by atoms with Crippen molar-refractivity contribution in [2.75, 3.05) is 13.1 Å². The second kappa shape index (κ2) is 5.21. The van der Waals surface area contributed by atoms with Crippen LogP contribution in [0.25, 0.3) is 0 Å². The highest BCUT2D eigenvalue weighted by atomic mass is 19.4. The van der Waals surface area contributed by atoms with Crippen LogP contribution in [0.1, 0.15) is 35.3 Å². The average molecular weight is 328 g/mol. The molecule has 1 atom stereocenters. The number of pyridine rings is 1. The zero-order valence-corrected chi connectivity index (χ0v) is 12.1. The van der Waals surface area contributed by atoms with Gasteiger partial charge in [-0.25, -0.2) is 0 Å². The van der Waals surface area contributed by atoms with Crippen LogP contribution in [-0.4, -0.2) is 40.0 Å². The van der Waals surface area contributed by atoms with E-state index in [4.69, 9.17) is 5.11 Å². The Morgan fingerprint density at radius 2 is 1.91 bits per heavy atom. The highest BCUT2D eigenvalue weighted by Crippen LogP contribution is 2.59. The molecular weight excluding hydrogens is 313 g/mol. The maximum absolute atomic E-state index is 12.5. The van der Waals surface area contributed by atoms with E-state index in [0.29, 0.717) is 38.5 Å². The Kier molecular flexibility index (Phi) is 3.57. The third kappa shape index (κ3) is 2.89. The first kappa shape index (κ1) is 15.8. The third-order valence-corrected chi connectivity index (χ3v) is 4.84. The third-order valence-electron chi connectivity index (χ3n) is 4.84. The van der Waals surface area contributed by atoms with E-state index in [1.54, 1.807) is 0 Å². The number of carboxylic acid groups (broad SMARTS) is 1. The van der Waals surface area contributed by atoms with Gasteiger partial charge in [-0.2, -0.15) is 13.2 Å². The maximum Gasteiger partial charge on any atom is 0.417 e. The topological polar surface area (TPSA) is 70.5 Å². The van der Waals surface area contributed by atoms with Crippen molar-refractivity contribution in [1.29, 1.82) is 0 Å². The molecule has 0 bridgehead atoms. The van der Waals surface area contributed by atoms with Crippen LogP contribution < -0.4 is 0 Å². The van der Waals surface area contributed by atoms with E-state index in [2.05, 4.69) is 4.98 Å². The number of likely N-dealkylation sites (tertiary alicyclic amines) is 1. The van der Waals surface area contributed by atoms with E-state index in [0.717, 1.165) is 12.1 Å². The summed E-state index contributed by atoms with van der Waals surface area (Å²) in [5, 5.41) is 9.03. The van der Waals surface area contributed by atoms with Crippen LogP contribution in [0.5, 0.6) is 0 Å². The number of hydrogen-bond acceptors (Lipinski definition) is 3. The van der Waals surface area contributed by atoms with Crippen LogP contribution in [0, 0.1) is 11.3 Å². The van der Waals surface area contributed by atoms with Gasteiger partial charge < -0.3 is 10.0 Å². The summed E-state index contributed by atoms with van der Waals surface area (Å²) in [4.78, 5) is 28.4. The van der Waals surface area contributed by atoms with Gasteiger partial charge in [0.1, 0.15) is 5.69 Å². The second-order valence-electron chi connectivity index (χ2n) is 6.18. The van der Waals surface area contributed by atoms with Crippen molar-refractivity contribution in [3.05, 3.63) is 29.6 Å². The van der Waals surface area contributed by atoms with E-state index in [-0.39, 0.29) is 17.0 Å². The molecule has 1 aromatic heterocycles. The first-order valence-electron chi connectivity index (χ1n) is 7.28. The van der Waals surface area contributed by atoms with Crippen LogP contribution in [0.15, 0.2) is 18.3 Å². The number of amides is 1. The van der Waals surface area contributed by atoms with Gasteiger partial charge in [0.25, 0.3) is 5.91 Å². The Labute approximate surface area is 130 Å². The number of halogens is 3. The van der Waals surface area contributed by atoms with E-state index in [1.807, 2.05) is 0 Å². The van der Waals surface area contributed by atoms with Gasteiger partial charge in [0, 0.05) is 19.3 Å². The van der Waals surface area contributed by atoms with Crippen molar-refractivity contribution in [1.82, 2.24) is 9.88 Å². The molecule has 2 fully saturated rings.